The predicted molar refractivity (Wildman–Crippen MR) is 88.0 cm³/mol. The molecule has 0 spiro atoms. The number of urea groups is 1. The van der Waals surface area contributed by atoms with Gasteiger partial charge in [-0.25, -0.2) is 9.59 Å². The number of rotatable bonds is 6. The molecular weight excluding hydrogens is 312 g/mol. The van der Waals surface area contributed by atoms with Crippen LogP contribution in [0.15, 0.2) is 54.6 Å². The Hall–Kier alpha value is -3.06. The molecule has 2 amide bonds. The van der Waals surface area contributed by atoms with Crippen molar-refractivity contribution in [2.24, 2.45) is 0 Å². The van der Waals surface area contributed by atoms with Crippen molar-refractivity contribution in [3.05, 3.63) is 60.2 Å². The Labute approximate surface area is 138 Å². The van der Waals surface area contributed by atoms with E-state index in [1.54, 1.807) is 42.5 Å². The monoisotopic (exact) mass is 330 g/mol. The summed E-state index contributed by atoms with van der Waals surface area (Å²) in [5, 5.41) is 24.3. The molecule has 0 bridgehead atoms. The number of nitrogens with one attached hydrogen (secondary N) is 2. The Morgan fingerprint density at radius 2 is 1.67 bits per heavy atom. The lowest BCUT2D eigenvalue weighted by atomic mass is 10.0. The van der Waals surface area contributed by atoms with Gasteiger partial charge in [0.15, 0.2) is 6.04 Å². The van der Waals surface area contributed by atoms with Crippen LogP contribution < -0.4 is 15.4 Å². The molecule has 0 aliphatic heterocycles. The van der Waals surface area contributed by atoms with Crippen molar-refractivity contribution in [3.8, 4) is 5.75 Å². The summed E-state index contributed by atoms with van der Waals surface area (Å²) in [6.45, 7) is 0. The fraction of sp³-hybridized carbons (Fsp3) is 0.176. The normalized spacial score (nSPS) is 12.8. The molecule has 7 heteroatoms. The Morgan fingerprint density at radius 1 is 1.04 bits per heavy atom. The molecule has 2 rings (SSSR count). The maximum atomic E-state index is 11.9. The Balaban J connectivity index is 2.07. The zero-order chi connectivity index (χ0) is 17.5. The Morgan fingerprint density at radius 3 is 2.21 bits per heavy atom. The molecule has 126 valence electrons. The van der Waals surface area contributed by atoms with E-state index in [0.29, 0.717) is 17.0 Å². The SMILES string of the molecule is COc1ccc(C(O)C(NC(=O)Nc2ccccc2)C(=O)O)cc1. The zero-order valence-electron chi connectivity index (χ0n) is 13.0. The molecule has 0 aliphatic rings. The minimum atomic E-state index is -1.50. The molecule has 24 heavy (non-hydrogen) atoms. The van der Waals surface area contributed by atoms with Gasteiger partial charge in [-0.3, -0.25) is 0 Å². The summed E-state index contributed by atoms with van der Waals surface area (Å²) in [6, 6.07) is 12.6. The highest BCUT2D eigenvalue weighted by molar-refractivity contribution is 5.92. The van der Waals surface area contributed by atoms with Gasteiger partial charge in [0.1, 0.15) is 11.9 Å². The van der Waals surface area contributed by atoms with E-state index in [-0.39, 0.29) is 0 Å². The second-order valence-electron chi connectivity index (χ2n) is 5.00. The number of aliphatic carboxylic acids is 1. The number of carbonyl (C=O) groups excluding carboxylic acids is 1. The number of carbonyl (C=O) groups is 2. The molecule has 0 radical (unpaired) electrons. The van der Waals surface area contributed by atoms with E-state index < -0.39 is 24.1 Å². The van der Waals surface area contributed by atoms with E-state index in [4.69, 9.17) is 4.74 Å². The van der Waals surface area contributed by atoms with Gasteiger partial charge in [0.2, 0.25) is 0 Å². The fourth-order valence-corrected chi connectivity index (χ4v) is 2.10. The largest absolute Gasteiger partial charge is 0.497 e. The maximum Gasteiger partial charge on any atom is 0.329 e. The van der Waals surface area contributed by atoms with Gasteiger partial charge in [-0.1, -0.05) is 30.3 Å². The lowest BCUT2D eigenvalue weighted by molar-refractivity contribution is -0.142. The van der Waals surface area contributed by atoms with Crippen LogP contribution >= 0.6 is 0 Å². The molecule has 2 aromatic rings. The van der Waals surface area contributed by atoms with E-state index in [9.17, 15) is 19.8 Å². The molecule has 0 heterocycles. The summed E-state index contributed by atoms with van der Waals surface area (Å²) in [6.07, 6.45) is -1.41. The highest BCUT2D eigenvalue weighted by atomic mass is 16.5. The number of amides is 2. The topological polar surface area (TPSA) is 108 Å². The van der Waals surface area contributed by atoms with Crippen LogP contribution in [-0.2, 0) is 4.79 Å². The maximum absolute atomic E-state index is 11.9. The third kappa shape index (κ3) is 4.47. The molecular formula is C17H18N2O5. The first-order valence-electron chi connectivity index (χ1n) is 7.18. The van der Waals surface area contributed by atoms with E-state index in [2.05, 4.69) is 10.6 Å². The van der Waals surface area contributed by atoms with Crippen molar-refractivity contribution in [2.45, 2.75) is 12.1 Å². The third-order valence-corrected chi connectivity index (χ3v) is 3.36. The third-order valence-electron chi connectivity index (χ3n) is 3.36. The number of aliphatic hydroxyl groups is 1. The van der Waals surface area contributed by atoms with E-state index in [1.807, 2.05) is 0 Å². The molecule has 0 saturated carbocycles. The van der Waals surface area contributed by atoms with Crippen molar-refractivity contribution in [1.29, 1.82) is 0 Å². The number of benzene rings is 2. The molecule has 2 aromatic carbocycles. The number of anilines is 1. The van der Waals surface area contributed by atoms with Crippen molar-refractivity contribution < 1.29 is 24.5 Å². The van der Waals surface area contributed by atoms with E-state index in [1.165, 1.54) is 19.2 Å². The van der Waals surface area contributed by atoms with Crippen LogP contribution in [0.1, 0.15) is 11.7 Å². The number of aliphatic hydroxyl groups excluding tert-OH is 1. The summed E-state index contributed by atoms with van der Waals surface area (Å²) < 4.78 is 5.01. The van der Waals surface area contributed by atoms with Crippen molar-refractivity contribution in [2.75, 3.05) is 12.4 Å². The lowest BCUT2D eigenvalue weighted by Gasteiger charge is -2.21. The smallest absolute Gasteiger partial charge is 0.329 e. The van der Waals surface area contributed by atoms with Crippen LogP contribution in [0.4, 0.5) is 10.5 Å². The second-order valence-corrected chi connectivity index (χ2v) is 5.00. The molecule has 2 atom stereocenters. The number of methoxy groups -OCH3 is 1. The van der Waals surface area contributed by atoms with Crippen molar-refractivity contribution >= 4 is 17.7 Å². The number of carboxylic acids is 1. The van der Waals surface area contributed by atoms with Crippen molar-refractivity contribution in [1.82, 2.24) is 5.32 Å². The molecule has 4 N–H and O–H groups in total. The summed E-state index contributed by atoms with van der Waals surface area (Å²) in [7, 11) is 1.50. The summed E-state index contributed by atoms with van der Waals surface area (Å²) in [5.74, 6) is -0.769. The first-order valence-corrected chi connectivity index (χ1v) is 7.18. The zero-order valence-corrected chi connectivity index (χ0v) is 13.0. The van der Waals surface area contributed by atoms with Crippen molar-refractivity contribution in [3.63, 3.8) is 0 Å². The standard InChI is InChI=1S/C17H18N2O5/c1-24-13-9-7-11(8-10-13)15(20)14(16(21)22)19-17(23)18-12-5-3-2-4-6-12/h2-10,14-15,20H,1H3,(H,21,22)(H2,18,19,23). The predicted octanol–water partition coefficient (Wildman–Crippen LogP) is 2.00. The highest BCUT2D eigenvalue weighted by Crippen LogP contribution is 2.20. The minimum Gasteiger partial charge on any atom is -0.497 e. The van der Waals surface area contributed by atoms with Gasteiger partial charge in [-0.05, 0) is 29.8 Å². The van der Waals surface area contributed by atoms with Crippen LogP contribution in [0.5, 0.6) is 5.75 Å². The van der Waals surface area contributed by atoms with Crippen LogP contribution in [0.2, 0.25) is 0 Å². The van der Waals surface area contributed by atoms with E-state index >= 15 is 0 Å². The number of ether oxygens (including phenoxy) is 1. The number of carboxylic acid groups (broad SMARTS) is 1. The quantitative estimate of drug-likeness (QED) is 0.648. The van der Waals surface area contributed by atoms with Gasteiger partial charge >= 0.3 is 12.0 Å². The van der Waals surface area contributed by atoms with Gasteiger partial charge in [0.05, 0.1) is 7.11 Å². The number of hydrogen-bond donors (Lipinski definition) is 4. The average Bonchev–Trinajstić information content (AvgIpc) is 2.60. The average molecular weight is 330 g/mol. The summed E-state index contributed by atoms with van der Waals surface area (Å²) in [4.78, 5) is 23.3. The van der Waals surface area contributed by atoms with Crippen LogP contribution in [0.3, 0.4) is 0 Å². The van der Waals surface area contributed by atoms with E-state index in [0.717, 1.165) is 0 Å². The van der Waals surface area contributed by atoms with Gasteiger partial charge in [-0.2, -0.15) is 0 Å². The highest BCUT2D eigenvalue weighted by Gasteiger charge is 2.29. The van der Waals surface area contributed by atoms with Crippen LogP contribution in [0.25, 0.3) is 0 Å². The second kappa shape index (κ2) is 7.98. The van der Waals surface area contributed by atoms with Gasteiger partial charge in [0.25, 0.3) is 0 Å². The van der Waals surface area contributed by atoms with Gasteiger partial charge < -0.3 is 25.6 Å². The molecule has 0 aromatic heterocycles. The molecule has 7 nitrogen and oxygen atoms in total. The Bertz CT molecular complexity index is 688. The summed E-state index contributed by atoms with van der Waals surface area (Å²) >= 11 is 0. The first-order chi connectivity index (χ1) is 11.5. The number of para-hydroxylation sites is 1. The molecule has 2 unspecified atom stereocenters. The minimum absolute atomic E-state index is 0.350. The van der Waals surface area contributed by atoms with Crippen LogP contribution in [-0.4, -0.2) is 35.4 Å². The molecule has 0 saturated heterocycles. The molecule has 0 fully saturated rings. The Kier molecular flexibility index (Phi) is 5.75. The van der Waals surface area contributed by atoms with Gasteiger partial charge in [0, 0.05) is 5.69 Å². The number of hydrogen-bond acceptors (Lipinski definition) is 4. The van der Waals surface area contributed by atoms with Crippen LogP contribution in [0, 0.1) is 0 Å². The first kappa shape index (κ1) is 17.3. The van der Waals surface area contributed by atoms with Gasteiger partial charge in [-0.15, -0.1) is 0 Å². The summed E-state index contributed by atoms with van der Waals surface area (Å²) in [5.41, 5.74) is 0.862. The molecule has 0 aliphatic carbocycles. The fourth-order valence-electron chi connectivity index (χ4n) is 2.10. The lowest BCUT2D eigenvalue weighted by Crippen LogP contribution is -2.46.